The van der Waals surface area contributed by atoms with Crippen LogP contribution in [0.15, 0.2) is 65.6 Å². The number of carbonyl (C=O) groups is 1. The SMILES string of the molecule is CCCCCCNS(=O)(=O)c1ccc(NC(=O)/C=C/c2ccccc2)cc1. The van der Waals surface area contributed by atoms with Gasteiger partial charge in [0.25, 0.3) is 0 Å². The van der Waals surface area contributed by atoms with E-state index in [2.05, 4.69) is 17.0 Å². The van der Waals surface area contributed by atoms with Crippen molar-refractivity contribution in [1.29, 1.82) is 0 Å². The topological polar surface area (TPSA) is 75.3 Å². The van der Waals surface area contributed by atoms with E-state index in [1.807, 2.05) is 30.3 Å². The Morgan fingerprint density at radius 3 is 2.33 bits per heavy atom. The number of hydrogen-bond donors (Lipinski definition) is 2. The molecule has 0 atom stereocenters. The fourth-order valence-corrected chi connectivity index (χ4v) is 3.55. The van der Waals surface area contributed by atoms with Gasteiger partial charge in [-0.05, 0) is 42.3 Å². The number of nitrogens with one attached hydrogen (secondary N) is 2. The van der Waals surface area contributed by atoms with Crippen LogP contribution in [0.5, 0.6) is 0 Å². The Balaban J connectivity index is 1.88. The summed E-state index contributed by atoms with van der Waals surface area (Å²) in [5, 5.41) is 2.72. The molecular weight excluding hydrogens is 360 g/mol. The molecule has 27 heavy (non-hydrogen) atoms. The molecule has 0 saturated carbocycles. The molecule has 0 unspecified atom stereocenters. The van der Waals surface area contributed by atoms with E-state index in [0.717, 1.165) is 31.2 Å². The summed E-state index contributed by atoms with van der Waals surface area (Å²) in [5.74, 6) is -0.275. The fourth-order valence-electron chi connectivity index (χ4n) is 2.48. The Kier molecular flexibility index (Phi) is 8.23. The summed E-state index contributed by atoms with van der Waals surface area (Å²) in [6.07, 6.45) is 7.22. The molecule has 0 radical (unpaired) electrons. The van der Waals surface area contributed by atoms with E-state index in [-0.39, 0.29) is 10.8 Å². The third kappa shape index (κ3) is 7.37. The van der Waals surface area contributed by atoms with Crippen LogP contribution in [-0.2, 0) is 14.8 Å². The summed E-state index contributed by atoms with van der Waals surface area (Å²) in [6, 6.07) is 15.7. The van der Waals surface area contributed by atoms with Gasteiger partial charge in [0.05, 0.1) is 4.90 Å². The maximum Gasteiger partial charge on any atom is 0.248 e. The lowest BCUT2D eigenvalue weighted by molar-refractivity contribution is -0.111. The van der Waals surface area contributed by atoms with Gasteiger partial charge in [0.15, 0.2) is 0 Å². The van der Waals surface area contributed by atoms with Crippen LogP contribution in [0.4, 0.5) is 5.69 Å². The molecular formula is C21H26N2O3S. The molecule has 0 spiro atoms. The van der Waals surface area contributed by atoms with Crippen LogP contribution in [0.2, 0.25) is 0 Å². The second-order valence-corrected chi connectivity index (χ2v) is 7.98. The zero-order valence-electron chi connectivity index (χ0n) is 15.5. The van der Waals surface area contributed by atoms with Crippen molar-refractivity contribution in [2.45, 2.75) is 37.5 Å². The van der Waals surface area contributed by atoms with Crippen molar-refractivity contribution >= 4 is 27.7 Å². The second kappa shape index (κ2) is 10.6. The molecule has 2 N–H and O–H groups in total. The minimum atomic E-state index is -3.52. The number of hydrogen-bond acceptors (Lipinski definition) is 3. The van der Waals surface area contributed by atoms with Gasteiger partial charge in [0.1, 0.15) is 0 Å². The van der Waals surface area contributed by atoms with Crippen molar-refractivity contribution in [2.24, 2.45) is 0 Å². The molecule has 0 fully saturated rings. The monoisotopic (exact) mass is 386 g/mol. The first-order valence-electron chi connectivity index (χ1n) is 9.15. The molecule has 0 heterocycles. The Morgan fingerprint density at radius 2 is 1.67 bits per heavy atom. The molecule has 0 bridgehead atoms. The predicted molar refractivity (Wildman–Crippen MR) is 110 cm³/mol. The molecule has 2 rings (SSSR count). The van der Waals surface area contributed by atoms with Gasteiger partial charge in [-0.15, -0.1) is 0 Å². The number of carbonyl (C=O) groups excluding carboxylic acids is 1. The minimum absolute atomic E-state index is 0.191. The van der Waals surface area contributed by atoms with E-state index < -0.39 is 10.0 Å². The molecule has 1 amide bonds. The fraction of sp³-hybridized carbons (Fsp3) is 0.286. The molecule has 5 nitrogen and oxygen atoms in total. The maximum atomic E-state index is 12.2. The van der Waals surface area contributed by atoms with Gasteiger partial charge < -0.3 is 5.32 Å². The number of sulfonamides is 1. The van der Waals surface area contributed by atoms with Crippen LogP contribution < -0.4 is 10.0 Å². The Labute approximate surface area is 161 Å². The number of rotatable bonds is 10. The van der Waals surface area contributed by atoms with E-state index in [1.165, 1.54) is 18.2 Å². The van der Waals surface area contributed by atoms with E-state index in [9.17, 15) is 13.2 Å². The number of benzene rings is 2. The highest BCUT2D eigenvalue weighted by atomic mass is 32.2. The highest BCUT2D eigenvalue weighted by molar-refractivity contribution is 7.89. The summed E-state index contributed by atoms with van der Waals surface area (Å²) < 4.78 is 27.1. The van der Waals surface area contributed by atoms with E-state index in [4.69, 9.17) is 0 Å². The van der Waals surface area contributed by atoms with E-state index in [1.54, 1.807) is 18.2 Å². The maximum absolute atomic E-state index is 12.2. The number of unbranched alkanes of at least 4 members (excludes halogenated alkanes) is 3. The Bertz CT molecular complexity index is 845. The van der Waals surface area contributed by atoms with Crippen LogP contribution >= 0.6 is 0 Å². The van der Waals surface area contributed by atoms with Crippen molar-refractivity contribution in [3.05, 3.63) is 66.2 Å². The number of amides is 1. The molecule has 0 saturated heterocycles. The molecule has 0 aliphatic heterocycles. The standard InChI is InChI=1S/C21H26N2O3S/c1-2-3-4-8-17-22-27(25,26)20-14-12-19(13-15-20)23-21(24)16-11-18-9-6-5-7-10-18/h5-7,9-16,22H,2-4,8,17H2,1H3,(H,23,24)/b16-11+. The predicted octanol–water partition coefficient (Wildman–Crippen LogP) is 4.20. The van der Waals surface area contributed by atoms with Gasteiger partial charge in [-0.3, -0.25) is 4.79 Å². The lowest BCUT2D eigenvalue weighted by atomic mass is 10.2. The summed E-state index contributed by atoms with van der Waals surface area (Å²) in [5.41, 5.74) is 1.47. The van der Waals surface area contributed by atoms with Crippen molar-refractivity contribution in [3.63, 3.8) is 0 Å². The third-order valence-electron chi connectivity index (χ3n) is 3.98. The van der Waals surface area contributed by atoms with Gasteiger partial charge in [-0.2, -0.15) is 0 Å². The summed E-state index contributed by atoms with van der Waals surface area (Å²) in [4.78, 5) is 12.2. The summed E-state index contributed by atoms with van der Waals surface area (Å²) >= 11 is 0. The smallest absolute Gasteiger partial charge is 0.248 e. The third-order valence-corrected chi connectivity index (χ3v) is 5.46. The highest BCUT2D eigenvalue weighted by Gasteiger charge is 2.13. The van der Waals surface area contributed by atoms with Gasteiger partial charge in [-0.1, -0.05) is 56.5 Å². The lowest BCUT2D eigenvalue weighted by Gasteiger charge is -2.08. The normalized spacial score (nSPS) is 11.6. The highest BCUT2D eigenvalue weighted by Crippen LogP contribution is 2.14. The first kappa shape index (κ1) is 20.9. The van der Waals surface area contributed by atoms with Gasteiger partial charge in [0, 0.05) is 18.3 Å². The van der Waals surface area contributed by atoms with Crippen LogP contribution in [0.25, 0.3) is 6.08 Å². The van der Waals surface area contributed by atoms with Gasteiger partial charge in [0.2, 0.25) is 15.9 Å². The van der Waals surface area contributed by atoms with Crippen LogP contribution in [-0.4, -0.2) is 20.9 Å². The Morgan fingerprint density at radius 1 is 0.963 bits per heavy atom. The molecule has 0 aliphatic rings. The zero-order valence-corrected chi connectivity index (χ0v) is 16.3. The molecule has 144 valence electrons. The van der Waals surface area contributed by atoms with Crippen molar-refractivity contribution in [2.75, 3.05) is 11.9 Å². The van der Waals surface area contributed by atoms with Crippen molar-refractivity contribution < 1.29 is 13.2 Å². The van der Waals surface area contributed by atoms with Crippen molar-refractivity contribution in [3.8, 4) is 0 Å². The summed E-state index contributed by atoms with van der Waals surface area (Å²) in [6.45, 7) is 2.55. The van der Waals surface area contributed by atoms with Crippen LogP contribution in [0.1, 0.15) is 38.2 Å². The van der Waals surface area contributed by atoms with Gasteiger partial charge >= 0.3 is 0 Å². The van der Waals surface area contributed by atoms with E-state index >= 15 is 0 Å². The molecule has 2 aromatic carbocycles. The number of anilines is 1. The van der Waals surface area contributed by atoms with Crippen molar-refractivity contribution in [1.82, 2.24) is 4.72 Å². The largest absolute Gasteiger partial charge is 0.323 e. The first-order valence-corrected chi connectivity index (χ1v) is 10.6. The molecule has 0 aliphatic carbocycles. The first-order chi connectivity index (χ1) is 13.0. The average Bonchev–Trinajstić information content (AvgIpc) is 2.67. The summed E-state index contributed by atoms with van der Waals surface area (Å²) in [7, 11) is -3.52. The van der Waals surface area contributed by atoms with E-state index in [0.29, 0.717) is 12.2 Å². The lowest BCUT2D eigenvalue weighted by Crippen LogP contribution is -2.24. The average molecular weight is 387 g/mol. The molecule has 6 heteroatoms. The second-order valence-electron chi connectivity index (χ2n) is 6.22. The van der Waals surface area contributed by atoms with Crippen LogP contribution in [0, 0.1) is 0 Å². The van der Waals surface area contributed by atoms with Gasteiger partial charge in [-0.25, -0.2) is 13.1 Å². The minimum Gasteiger partial charge on any atom is -0.323 e. The quantitative estimate of drug-likeness (QED) is 0.475. The molecule has 0 aromatic heterocycles. The Hall–Kier alpha value is -2.44. The zero-order chi connectivity index (χ0) is 19.5. The molecule has 2 aromatic rings. The van der Waals surface area contributed by atoms with Crippen LogP contribution in [0.3, 0.4) is 0 Å².